The Hall–Kier alpha value is -1.21. The number of anilines is 1. The standard InChI is InChI=1S/C9H13N3O3S/c13-5-9-10-3-1-8(12-9)11-7-2-4-16(14,15)6-7/h1,3,7,13H,2,4-6H2,(H,10,11,12). The molecule has 0 aliphatic carbocycles. The summed E-state index contributed by atoms with van der Waals surface area (Å²) in [7, 11) is -2.89. The summed E-state index contributed by atoms with van der Waals surface area (Å²) in [6.07, 6.45) is 2.13. The van der Waals surface area contributed by atoms with Gasteiger partial charge < -0.3 is 10.4 Å². The molecule has 0 bridgehead atoms. The molecule has 1 aliphatic heterocycles. The quantitative estimate of drug-likeness (QED) is 0.748. The molecule has 6 nitrogen and oxygen atoms in total. The molecule has 2 heterocycles. The first-order valence-electron chi connectivity index (χ1n) is 4.99. The molecule has 16 heavy (non-hydrogen) atoms. The van der Waals surface area contributed by atoms with E-state index in [2.05, 4.69) is 15.3 Å². The molecule has 88 valence electrons. The molecular formula is C9H13N3O3S. The lowest BCUT2D eigenvalue weighted by molar-refractivity contribution is 0.271. The number of aliphatic hydroxyl groups is 1. The fraction of sp³-hybridized carbons (Fsp3) is 0.556. The van der Waals surface area contributed by atoms with Crippen LogP contribution in [-0.2, 0) is 16.4 Å². The van der Waals surface area contributed by atoms with Gasteiger partial charge >= 0.3 is 0 Å². The SMILES string of the molecule is O=S1(=O)CCC(Nc2ccnc(CO)n2)C1. The molecule has 2 N–H and O–H groups in total. The summed E-state index contributed by atoms with van der Waals surface area (Å²) in [5, 5.41) is 11.9. The minimum atomic E-state index is -2.89. The summed E-state index contributed by atoms with van der Waals surface area (Å²) in [6.45, 7) is -0.224. The van der Waals surface area contributed by atoms with Gasteiger partial charge in [-0.05, 0) is 12.5 Å². The van der Waals surface area contributed by atoms with Crippen molar-refractivity contribution in [3.05, 3.63) is 18.1 Å². The highest BCUT2D eigenvalue weighted by molar-refractivity contribution is 7.91. The minimum absolute atomic E-state index is 0.0913. The first-order valence-corrected chi connectivity index (χ1v) is 6.81. The van der Waals surface area contributed by atoms with Crippen LogP contribution in [0, 0.1) is 0 Å². The zero-order valence-corrected chi connectivity index (χ0v) is 9.44. The number of aromatic nitrogens is 2. The zero-order chi connectivity index (χ0) is 11.6. The maximum atomic E-state index is 11.2. The summed E-state index contributed by atoms with van der Waals surface area (Å²) in [4.78, 5) is 7.88. The first kappa shape index (κ1) is 11.3. The predicted molar refractivity (Wildman–Crippen MR) is 58.6 cm³/mol. The average Bonchev–Trinajstić information content (AvgIpc) is 2.58. The Balaban J connectivity index is 2.04. The Morgan fingerprint density at radius 3 is 3.00 bits per heavy atom. The Labute approximate surface area is 93.7 Å². The van der Waals surface area contributed by atoms with Crippen LogP contribution < -0.4 is 5.32 Å². The van der Waals surface area contributed by atoms with E-state index in [9.17, 15) is 8.42 Å². The normalized spacial score (nSPS) is 23.2. The number of hydrogen-bond acceptors (Lipinski definition) is 6. The topological polar surface area (TPSA) is 92.2 Å². The molecule has 7 heteroatoms. The molecule has 0 radical (unpaired) electrons. The van der Waals surface area contributed by atoms with Crippen molar-refractivity contribution in [2.24, 2.45) is 0 Å². The second kappa shape index (κ2) is 4.34. The molecule has 0 saturated carbocycles. The molecular weight excluding hydrogens is 230 g/mol. The third-order valence-corrected chi connectivity index (χ3v) is 4.20. The van der Waals surface area contributed by atoms with Gasteiger partial charge in [0.15, 0.2) is 15.7 Å². The average molecular weight is 243 g/mol. The minimum Gasteiger partial charge on any atom is -0.388 e. The van der Waals surface area contributed by atoms with Crippen molar-refractivity contribution in [3.8, 4) is 0 Å². The van der Waals surface area contributed by atoms with E-state index in [1.165, 1.54) is 6.20 Å². The van der Waals surface area contributed by atoms with Gasteiger partial charge in [-0.15, -0.1) is 0 Å². The van der Waals surface area contributed by atoms with Gasteiger partial charge in [0.1, 0.15) is 12.4 Å². The number of nitrogens with one attached hydrogen (secondary N) is 1. The van der Waals surface area contributed by atoms with E-state index < -0.39 is 9.84 Å². The molecule has 1 atom stereocenters. The molecule has 1 fully saturated rings. The molecule has 0 spiro atoms. The van der Waals surface area contributed by atoms with Crippen LogP contribution in [0.25, 0.3) is 0 Å². The number of nitrogens with zero attached hydrogens (tertiary/aromatic N) is 2. The highest BCUT2D eigenvalue weighted by atomic mass is 32.2. The maximum absolute atomic E-state index is 11.2. The molecule has 0 aromatic carbocycles. The van der Waals surface area contributed by atoms with Crippen LogP contribution in [0.3, 0.4) is 0 Å². The van der Waals surface area contributed by atoms with E-state index >= 15 is 0 Å². The predicted octanol–water partition coefficient (Wildman–Crippen LogP) is -0.432. The number of rotatable bonds is 3. The molecule has 1 aromatic rings. The van der Waals surface area contributed by atoms with Crippen LogP contribution >= 0.6 is 0 Å². The van der Waals surface area contributed by atoms with Gasteiger partial charge in [-0.25, -0.2) is 18.4 Å². The smallest absolute Gasteiger partial charge is 0.156 e. The summed E-state index contributed by atoms with van der Waals surface area (Å²) in [5.41, 5.74) is 0. The van der Waals surface area contributed by atoms with Crippen LogP contribution in [-0.4, -0.2) is 41.0 Å². The van der Waals surface area contributed by atoms with Gasteiger partial charge in [0.2, 0.25) is 0 Å². The van der Waals surface area contributed by atoms with E-state index in [-0.39, 0.29) is 24.2 Å². The van der Waals surface area contributed by atoms with Gasteiger partial charge in [-0.2, -0.15) is 0 Å². The van der Waals surface area contributed by atoms with Crippen LogP contribution in [0.15, 0.2) is 12.3 Å². The van der Waals surface area contributed by atoms with Crippen molar-refractivity contribution in [3.63, 3.8) is 0 Å². The lowest BCUT2D eigenvalue weighted by Crippen LogP contribution is -2.21. The monoisotopic (exact) mass is 243 g/mol. The second-order valence-corrected chi connectivity index (χ2v) is 5.99. The highest BCUT2D eigenvalue weighted by Crippen LogP contribution is 2.15. The van der Waals surface area contributed by atoms with Crippen LogP contribution in [0.1, 0.15) is 12.2 Å². The number of sulfone groups is 1. The molecule has 1 unspecified atom stereocenters. The Bertz CT molecular complexity index is 475. The summed E-state index contributed by atoms with van der Waals surface area (Å²) in [6, 6.07) is 1.57. The fourth-order valence-electron chi connectivity index (χ4n) is 1.67. The lowest BCUT2D eigenvalue weighted by atomic mass is 10.2. The van der Waals surface area contributed by atoms with Crippen molar-refractivity contribution in [1.29, 1.82) is 0 Å². The first-order chi connectivity index (χ1) is 7.59. The summed E-state index contributed by atoms with van der Waals surface area (Å²) in [5.74, 6) is 1.25. The Morgan fingerprint density at radius 2 is 2.38 bits per heavy atom. The van der Waals surface area contributed by atoms with Crippen LogP contribution in [0.2, 0.25) is 0 Å². The molecule has 1 aliphatic rings. The number of hydrogen-bond donors (Lipinski definition) is 2. The third kappa shape index (κ3) is 2.67. The number of aliphatic hydroxyl groups excluding tert-OH is 1. The third-order valence-electron chi connectivity index (χ3n) is 2.43. The van der Waals surface area contributed by atoms with Gasteiger partial charge in [0.25, 0.3) is 0 Å². The summed E-state index contributed by atoms with van der Waals surface area (Å²) < 4.78 is 22.5. The van der Waals surface area contributed by atoms with Crippen molar-refractivity contribution in [2.75, 3.05) is 16.8 Å². The fourth-order valence-corrected chi connectivity index (χ4v) is 3.35. The van der Waals surface area contributed by atoms with E-state index in [1.54, 1.807) is 6.07 Å². The Morgan fingerprint density at radius 1 is 1.56 bits per heavy atom. The van der Waals surface area contributed by atoms with Crippen LogP contribution in [0.5, 0.6) is 0 Å². The largest absolute Gasteiger partial charge is 0.388 e. The van der Waals surface area contributed by atoms with Gasteiger partial charge in [-0.1, -0.05) is 0 Å². The van der Waals surface area contributed by atoms with E-state index in [4.69, 9.17) is 5.11 Å². The van der Waals surface area contributed by atoms with Crippen molar-refractivity contribution >= 4 is 15.7 Å². The van der Waals surface area contributed by atoms with Crippen molar-refractivity contribution < 1.29 is 13.5 Å². The molecule has 1 saturated heterocycles. The highest BCUT2D eigenvalue weighted by Gasteiger charge is 2.27. The Kier molecular flexibility index (Phi) is 3.06. The second-order valence-electron chi connectivity index (χ2n) is 3.76. The maximum Gasteiger partial charge on any atom is 0.156 e. The lowest BCUT2D eigenvalue weighted by Gasteiger charge is -2.11. The molecule has 0 amide bonds. The van der Waals surface area contributed by atoms with Crippen molar-refractivity contribution in [1.82, 2.24) is 9.97 Å². The van der Waals surface area contributed by atoms with Gasteiger partial charge in [0, 0.05) is 12.2 Å². The van der Waals surface area contributed by atoms with Gasteiger partial charge in [-0.3, -0.25) is 0 Å². The molecule has 1 aromatic heterocycles. The van der Waals surface area contributed by atoms with E-state index in [0.717, 1.165) is 0 Å². The van der Waals surface area contributed by atoms with E-state index in [0.29, 0.717) is 18.1 Å². The van der Waals surface area contributed by atoms with Crippen LogP contribution in [0.4, 0.5) is 5.82 Å². The van der Waals surface area contributed by atoms with E-state index in [1.807, 2.05) is 0 Å². The van der Waals surface area contributed by atoms with Gasteiger partial charge in [0.05, 0.1) is 11.5 Å². The summed E-state index contributed by atoms with van der Waals surface area (Å²) >= 11 is 0. The zero-order valence-electron chi connectivity index (χ0n) is 8.63. The van der Waals surface area contributed by atoms with Crippen molar-refractivity contribution in [2.45, 2.75) is 19.1 Å². The molecule has 2 rings (SSSR count).